The van der Waals surface area contributed by atoms with Crippen LogP contribution < -0.4 is 15.5 Å². The highest BCUT2D eigenvalue weighted by Gasteiger charge is 2.09. The van der Waals surface area contributed by atoms with Crippen molar-refractivity contribution in [3.8, 4) is 17.0 Å². The summed E-state index contributed by atoms with van der Waals surface area (Å²) in [5.41, 5.74) is 7.37. The number of carbonyl (C=O) groups is 1. The van der Waals surface area contributed by atoms with E-state index >= 15 is 0 Å². The van der Waals surface area contributed by atoms with E-state index in [4.69, 9.17) is 27.9 Å². The zero-order valence-corrected chi connectivity index (χ0v) is 24.7. The maximum Gasteiger partial charge on any atom is 0.271 e. The molecule has 0 bridgehead atoms. The fourth-order valence-corrected chi connectivity index (χ4v) is 5.20. The Morgan fingerprint density at radius 1 is 1.00 bits per heavy atom. The number of hydrogen-bond donors (Lipinski definition) is 2. The third-order valence-corrected chi connectivity index (χ3v) is 7.72. The number of thiazole rings is 1. The van der Waals surface area contributed by atoms with Crippen LogP contribution in [0.4, 0.5) is 10.8 Å². The smallest absolute Gasteiger partial charge is 0.271 e. The monoisotopic (exact) mass is 650 g/mol. The summed E-state index contributed by atoms with van der Waals surface area (Å²) in [6, 6.07) is 27.7. The molecule has 4 aromatic carbocycles. The van der Waals surface area contributed by atoms with E-state index in [0.29, 0.717) is 28.0 Å². The molecule has 0 saturated heterocycles. The van der Waals surface area contributed by atoms with Gasteiger partial charge in [0.1, 0.15) is 12.4 Å². The van der Waals surface area contributed by atoms with E-state index < -0.39 is 0 Å². The standard InChI is InChI=1S/C30H21BrCl2N4O2S/c31-25-15-19(5-14-28(25)39-17-22-3-1-2-4-26(22)33)16-34-37-29(38)21-8-6-20(7-9-21)27-18-40-30(36-27)35-24-12-10-23(32)11-13-24/h1-16,18H,17H2,(H,35,36)(H,37,38)/b34-16-. The van der Waals surface area contributed by atoms with Crippen molar-refractivity contribution in [1.82, 2.24) is 10.4 Å². The summed E-state index contributed by atoms with van der Waals surface area (Å²) in [6.45, 7) is 0.352. The summed E-state index contributed by atoms with van der Waals surface area (Å²) in [6.07, 6.45) is 1.57. The molecular formula is C30H21BrCl2N4O2S. The molecule has 10 heteroatoms. The zero-order chi connectivity index (χ0) is 27.9. The van der Waals surface area contributed by atoms with Gasteiger partial charge in [-0.15, -0.1) is 11.3 Å². The Labute approximate surface area is 253 Å². The molecule has 2 N–H and O–H groups in total. The van der Waals surface area contributed by atoms with E-state index in [1.54, 1.807) is 18.3 Å². The van der Waals surface area contributed by atoms with Gasteiger partial charge in [0.15, 0.2) is 5.13 Å². The summed E-state index contributed by atoms with van der Waals surface area (Å²) in [4.78, 5) is 17.2. The number of amides is 1. The fraction of sp³-hybridized carbons (Fsp3) is 0.0333. The highest BCUT2D eigenvalue weighted by molar-refractivity contribution is 9.10. The first-order chi connectivity index (χ1) is 19.4. The van der Waals surface area contributed by atoms with Gasteiger partial charge in [0, 0.05) is 37.8 Å². The molecule has 1 heterocycles. The third-order valence-electron chi connectivity index (χ3n) is 5.72. The lowest BCUT2D eigenvalue weighted by Gasteiger charge is -2.10. The van der Waals surface area contributed by atoms with Gasteiger partial charge in [-0.25, -0.2) is 10.4 Å². The number of ether oxygens (including phenoxy) is 1. The Bertz CT molecular complexity index is 1660. The SMILES string of the molecule is O=C(N/N=C\c1ccc(OCc2ccccc2Cl)c(Br)c1)c1ccc(-c2csc(Nc3ccc(Cl)cc3)n2)cc1. The van der Waals surface area contributed by atoms with Gasteiger partial charge in [0.2, 0.25) is 0 Å². The largest absolute Gasteiger partial charge is 0.488 e. The molecule has 0 aliphatic rings. The minimum Gasteiger partial charge on any atom is -0.488 e. The number of nitrogens with zero attached hydrogens (tertiary/aromatic N) is 2. The molecule has 0 fully saturated rings. The van der Waals surface area contributed by atoms with Crippen molar-refractivity contribution in [2.45, 2.75) is 6.61 Å². The Hall–Kier alpha value is -3.69. The van der Waals surface area contributed by atoms with E-state index in [1.807, 2.05) is 84.2 Å². The summed E-state index contributed by atoms with van der Waals surface area (Å²) in [5, 5.41) is 11.4. The molecule has 0 aliphatic heterocycles. The van der Waals surface area contributed by atoms with Gasteiger partial charge in [-0.05, 0) is 82.2 Å². The molecule has 5 rings (SSSR count). The Morgan fingerprint density at radius 3 is 2.52 bits per heavy atom. The van der Waals surface area contributed by atoms with Crippen molar-refractivity contribution in [1.29, 1.82) is 0 Å². The van der Waals surface area contributed by atoms with Crippen LogP contribution in [0.3, 0.4) is 0 Å². The summed E-state index contributed by atoms with van der Waals surface area (Å²) >= 11 is 17.2. The fourth-order valence-electron chi connectivity index (χ4n) is 3.63. The van der Waals surface area contributed by atoms with Crippen LogP contribution in [0.15, 0.2) is 106 Å². The van der Waals surface area contributed by atoms with Crippen LogP contribution in [0.25, 0.3) is 11.3 Å². The molecule has 0 atom stereocenters. The maximum atomic E-state index is 12.6. The molecule has 6 nitrogen and oxygen atoms in total. The predicted octanol–water partition coefficient (Wildman–Crippen LogP) is 8.97. The number of rotatable bonds is 9. The first-order valence-electron chi connectivity index (χ1n) is 12.0. The zero-order valence-electron chi connectivity index (χ0n) is 20.8. The van der Waals surface area contributed by atoms with Crippen molar-refractivity contribution in [3.63, 3.8) is 0 Å². The minimum atomic E-state index is -0.315. The van der Waals surface area contributed by atoms with E-state index in [-0.39, 0.29) is 5.91 Å². The number of hydrazone groups is 1. The number of halogens is 3. The Kier molecular flexibility index (Phi) is 9.13. The molecule has 0 spiro atoms. The second-order valence-electron chi connectivity index (χ2n) is 8.52. The van der Waals surface area contributed by atoms with Crippen LogP contribution in [0.1, 0.15) is 21.5 Å². The third kappa shape index (κ3) is 7.28. The van der Waals surface area contributed by atoms with Crippen LogP contribution >= 0.6 is 50.5 Å². The van der Waals surface area contributed by atoms with E-state index in [2.05, 4.69) is 36.8 Å². The Balaban J connectivity index is 1.14. The molecule has 0 radical (unpaired) electrons. The van der Waals surface area contributed by atoms with E-state index in [0.717, 1.165) is 37.7 Å². The van der Waals surface area contributed by atoms with Gasteiger partial charge in [-0.3, -0.25) is 4.79 Å². The molecule has 40 heavy (non-hydrogen) atoms. The first kappa shape index (κ1) is 27.9. The Morgan fingerprint density at radius 2 is 1.77 bits per heavy atom. The molecule has 200 valence electrons. The highest BCUT2D eigenvalue weighted by Crippen LogP contribution is 2.29. The molecule has 5 aromatic rings. The quantitative estimate of drug-likeness (QED) is 0.123. The van der Waals surface area contributed by atoms with E-state index in [9.17, 15) is 4.79 Å². The molecule has 0 saturated carbocycles. The van der Waals surface area contributed by atoms with Crippen LogP contribution in [0.5, 0.6) is 5.75 Å². The molecule has 1 amide bonds. The molecule has 1 aromatic heterocycles. The number of carbonyl (C=O) groups excluding carboxylic acids is 1. The van der Waals surface area contributed by atoms with Crippen molar-refractivity contribution < 1.29 is 9.53 Å². The molecule has 0 unspecified atom stereocenters. The summed E-state index contributed by atoms with van der Waals surface area (Å²) < 4.78 is 6.64. The lowest BCUT2D eigenvalue weighted by Crippen LogP contribution is -2.17. The summed E-state index contributed by atoms with van der Waals surface area (Å²) in [5.74, 6) is 0.360. The minimum absolute atomic E-state index is 0.315. The van der Waals surface area contributed by atoms with Crippen LogP contribution in [-0.4, -0.2) is 17.1 Å². The van der Waals surface area contributed by atoms with Gasteiger partial charge < -0.3 is 10.1 Å². The van der Waals surface area contributed by atoms with Crippen molar-refractivity contribution in [2.75, 3.05) is 5.32 Å². The van der Waals surface area contributed by atoms with Crippen molar-refractivity contribution >= 4 is 73.4 Å². The lowest BCUT2D eigenvalue weighted by molar-refractivity contribution is 0.0955. The second-order valence-corrected chi connectivity index (χ2v) is 11.1. The second kappa shape index (κ2) is 13.1. The first-order valence-corrected chi connectivity index (χ1v) is 14.5. The van der Waals surface area contributed by atoms with Gasteiger partial charge in [-0.2, -0.15) is 5.10 Å². The number of aromatic nitrogens is 1. The van der Waals surface area contributed by atoms with Gasteiger partial charge in [0.05, 0.1) is 16.4 Å². The highest BCUT2D eigenvalue weighted by atomic mass is 79.9. The van der Waals surface area contributed by atoms with Gasteiger partial charge >= 0.3 is 0 Å². The lowest BCUT2D eigenvalue weighted by atomic mass is 10.1. The van der Waals surface area contributed by atoms with Gasteiger partial charge in [0.25, 0.3) is 5.91 Å². The summed E-state index contributed by atoms with van der Waals surface area (Å²) in [7, 11) is 0. The average Bonchev–Trinajstić information content (AvgIpc) is 3.43. The predicted molar refractivity (Wildman–Crippen MR) is 167 cm³/mol. The van der Waals surface area contributed by atoms with Crippen molar-refractivity contribution in [3.05, 3.63) is 128 Å². The van der Waals surface area contributed by atoms with Crippen LogP contribution in [0, 0.1) is 0 Å². The van der Waals surface area contributed by atoms with E-state index in [1.165, 1.54) is 11.3 Å². The number of nitrogens with one attached hydrogen (secondary N) is 2. The topological polar surface area (TPSA) is 75.6 Å². The number of anilines is 2. The number of benzene rings is 4. The normalized spacial score (nSPS) is 11.0. The number of hydrogen-bond acceptors (Lipinski definition) is 6. The van der Waals surface area contributed by atoms with Gasteiger partial charge in [-0.1, -0.05) is 53.5 Å². The van der Waals surface area contributed by atoms with Crippen molar-refractivity contribution in [2.24, 2.45) is 5.10 Å². The molecule has 0 aliphatic carbocycles. The average molecular weight is 652 g/mol. The van der Waals surface area contributed by atoms with Crippen LogP contribution in [0.2, 0.25) is 10.0 Å². The maximum absolute atomic E-state index is 12.6. The van der Waals surface area contributed by atoms with Crippen LogP contribution in [-0.2, 0) is 6.61 Å². The molecular weight excluding hydrogens is 631 g/mol.